The molecule has 0 spiro atoms. The highest BCUT2D eigenvalue weighted by molar-refractivity contribution is 7.99. The van der Waals surface area contributed by atoms with Gasteiger partial charge in [0, 0.05) is 36.6 Å². The lowest BCUT2D eigenvalue weighted by Crippen LogP contribution is -2.22. The van der Waals surface area contributed by atoms with Crippen LogP contribution in [0.3, 0.4) is 0 Å². The predicted octanol–water partition coefficient (Wildman–Crippen LogP) is 4.60. The molecule has 1 aliphatic heterocycles. The number of rotatable bonds is 3. The maximum atomic E-state index is 6.29. The van der Waals surface area contributed by atoms with Crippen LogP contribution in [0.4, 0.5) is 5.95 Å². The Balaban J connectivity index is 1.75. The molecule has 7 heteroatoms. The van der Waals surface area contributed by atoms with E-state index in [0.717, 1.165) is 40.9 Å². The zero-order valence-corrected chi connectivity index (χ0v) is 14.4. The monoisotopic (exact) mass is 363 g/mol. The maximum Gasteiger partial charge on any atom is 0.211 e. The van der Waals surface area contributed by atoms with Crippen LogP contribution in [0.1, 0.15) is 6.42 Å². The van der Waals surface area contributed by atoms with Crippen LogP contribution in [0, 0.1) is 6.42 Å². The van der Waals surface area contributed by atoms with Gasteiger partial charge in [-0.15, -0.1) is 0 Å². The first kappa shape index (κ1) is 15.1. The molecule has 0 N–H and O–H groups in total. The van der Waals surface area contributed by atoms with Crippen LogP contribution in [0.15, 0.2) is 46.6 Å². The molecule has 0 aliphatic carbocycles. The predicted molar refractivity (Wildman–Crippen MR) is 94.7 cm³/mol. The lowest BCUT2D eigenvalue weighted by atomic mass is 10.4. The smallest absolute Gasteiger partial charge is 0.211 e. The minimum absolute atomic E-state index is 0.549. The van der Waals surface area contributed by atoms with Crippen LogP contribution < -0.4 is 4.90 Å². The number of benzene rings is 1. The standard InChI is InChI=1S/C16H13Cl2N4S/c17-11-4-3-5-12(14(11)18)23-13-10-20-16(21-7-1-2-8-21)22-9-6-19-15(13)22/h1,3-6,9-10H,2,7-8H2. The van der Waals surface area contributed by atoms with E-state index < -0.39 is 0 Å². The molecule has 2 aromatic heterocycles. The van der Waals surface area contributed by atoms with Crippen molar-refractivity contribution in [2.24, 2.45) is 0 Å². The van der Waals surface area contributed by atoms with Crippen LogP contribution >= 0.6 is 35.0 Å². The Morgan fingerprint density at radius 1 is 1.13 bits per heavy atom. The van der Waals surface area contributed by atoms with Gasteiger partial charge in [0.25, 0.3) is 0 Å². The summed E-state index contributed by atoms with van der Waals surface area (Å²) in [7, 11) is 0. The number of anilines is 1. The minimum Gasteiger partial charge on any atom is -0.342 e. The van der Waals surface area contributed by atoms with Crippen molar-refractivity contribution in [2.75, 3.05) is 18.0 Å². The van der Waals surface area contributed by atoms with E-state index in [1.54, 1.807) is 12.3 Å². The molecule has 3 heterocycles. The summed E-state index contributed by atoms with van der Waals surface area (Å²) in [5, 5.41) is 1.11. The average molecular weight is 364 g/mol. The molecule has 1 aromatic carbocycles. The van der Waals surface area contributed by atoms with Gasteiger partial charge in [-0.3, -0.25) is 4.40 Å². The maximum absolute atomic E-state index is 6.29. The fourth-order valence-electron chi connectivity index (χ4n) is 2.64. The normalized spacial score (nSPS) is 14.8. The Bertz CT molecular complexity index is 858. The van der Waals surface area contributed by atoms with Gasteiger partial charge in [0.05, 0.1) is 14.9 Å². The molecule has 1 radical (unpaired) electrons. The summed E-state index contributed by atoms with van der Waals surface area (Å²) in [6.07, 6.45) is 8.95. The third-order valence-electron chi connectivity index (χ3n) is 3.75. The van der Waals surface area contributed by atoms with Crippen molar-refractivity contribution >= 4 is 46.6 Å². The summed E-state index contributed by atoms with van der Waals surface area (Å²) < 4.78 is 2.03. The third kappa shape index (κ3) is 2.77. The number of hydrogen-bond donors (Lipinski definition) is 0. The molecule has 0 atom stereocenters. The van der Waals surface area contributed by atoms with Crippen molar-refractivity contribution < 1.29 is 0 Å². The topological polar surface area (TPSA) is 33.4 Å². The molecular weight excluding hydrogens is 351 g/mol. The number of imidazole rings is 1. The summed E-state index contributed by atoms with van der Waals surface area (Å²) in [6.45, 7) is 1.92. The molecule has 117 valence electrons. The van der Waals surface area contributed by atoms with Crippen molar-refractivity contribution in [2.45, 2.75) is 16.2 Å². The Morgan fingerprint density at radius 2 is 2.04 bits per heavy atom. The van der Waals surface area contributed by atoms with Gasteiger partial charge in [0.2, 0.25) is 5.95 Å². The quantitative estimate of drug-likeness (QED) is 0.680. The van der Waals surface area contributed by atoms with Gasteiger partial charge in [0.1, 0.15) is 0 Å². The molecule has 4 rings (SSSR count). The van der Waals surface area contributed by atoms with E-state index in [1.165, 1.54) is 11.8 Å². The molecule has 3 aromatic rings. The molecule has 23 heavy (non-hydrogen) atoms. The zero-order chi connectivity index (χ0) is 15.8. The highest BCUT2D eigenvalue weighted by atomic mass is 35.5. The first-order valence-corrected chi connectivity index (χ1v) is 8.82. The van der Waals surface area contributed by atoms with E-state index in [4.69, 9.17) is 23.2 Å². The van der Waals surface area contributed by atoms with Crippen LogP contribution in [0.5, 0.6) is 0 Å². The van der Waals surface area contributed by atoms with Crippen LogP contribution in [-0.4, -0.2) is 27.5 Å². The van der Waals surface area contributed by atoms with Gasteiger partial charge < -0.3 is 4.90 Å². The second kappa shape index (κ2) is 6.23. The number of fused-ring (bicyclic) bond motifs is 1. The van der Waals surface area contributed by atoms with Gasteiger partial charge in [-0.25, -0.2) is 9.97 Å². The van der Waals surface area contributed by atoms with Crippen LogP contribution in [0.25, 0.3) is 5.65 Å². The SMILES string of the molecule is Clc1cccc(Sc2cnc(N3C[CH]CC3)n3ccnc23)c1Cl. The third-order valence-corrected chi connectivity index (χ3v) is 5.74. The minimum atomic E-state index is 0.549. The molecule has 1 saturated heterocycles. The first-order valence-electron chi connectivity index (χ1n) is 7.24. The molecule has 0 amide bonds. The van der Waals surface area contributed by atoms with Crippen LogP contribution in [0.2, 0.25) is 10.0 Å². The Labute approximate surface area is 148 Å². The molecular formula is C16H13Cl2N4S. The largest absolute Gasteiger partial charge is 0.342 e. The number of nitrogens with zero attached hydrogens (tertiary/aromatic N) is 4. The second-order valence-corrected chi connectivity index (χ2v) is 7.09. The summed E-state index contributed by atoms with van der Waals surface area (Å²) >= 11 is 13.9. The summed E-state index contributed by atoms with van der Waals surface area (Å²) in [5.74, 6) is 0.924. The van der Waals surface area contributed by atoms with E-state index >= 15 is 0 Å². The number of halogens is 2. The molecule has 0 bridgehead atoms. The van der Waals surface area contributed by atoms with Crippen molar-refractivity contribution in [3.63, 3.8) is 0 Å². The van der Waals surface area contributed by atoms with Gasteiger partial charge in [-0.05, 0) is 25.0 Å². The van der Waals surface area contributed by atoms with E-state index in [1.807, 2.05) is 28.9 Å². The average Bonchev–Trinajstić information content (AvgIpc) is 3.23. The lowest BCUT2D eigenvalue weighted by molar-refractivity contribution is 0.871. The highest BCUT2D eigenvalue weighted by Gasteiger charge is 2.19. The Hall–Kier alpha value is -1.43. The Kier molecular flexibility index (Phi) is 4.09. The van der Waals surface area contributed by atoms with Crippen molar-refractivity contribution in [1.29, 1.82) is 0 Å². The molecule has 4 nitrogen and oxygen atoms in total. The van der Waals surface area contributed by atoms with Gasteiger partial charge in [-0.1, -0.05) is 41.0 Å². The summed E-state index contributed by atoms with van der Waals surface area (Å²) in [5.41, 5.74) is 0.878. The molecule has 0 saturated carbocycles. The zero-order valence-electron chi connectivity index (χ0n) is 12.1. The molecule has 0 unspecified atom stereocenters. The van der Waals surface area contributed by atoms with Gasteiger partial charge >= 0.3 is 0 Å². The second-order valence-electron chi connectivity index (χ2n) is 5.22. The number of aromatic nitrogens is 3. The Morgan fingerprint density at radius 3 is 2.87 bits per heavy atom. The lowest BCUT2D eigenvalue weighted by Gasteiger charge is -2.18. The fourth-order valence-corrected chi connectivity index (χ4v) is 4.04. The summed E-state index contributed by atoms with van der Waals surface area (Å²) in [6, 6.07) is 5.62. The van der Waals surface area contributed by atoms with E-state index in [2.05, 4.69) is 21.3 Å². The first-order chi connectivity index (χ1) is 11.2. The molecule has 1 aliphatic rings. The van der Waals surface area contributed by atoms with E-state index in [0.29, 0.717) is 10.0 Å². The van der Waals surface area contributed by atoms with Crippen LogP contribution in [-0.2, 0) is 0 Å². The number of hydrogen-bond acceptors (Lipinski definition) is 4. The van der Waals surface area contributed by atoms with Gasteiger partial charge in [-0.2, -0.15) is 0 Å². The van der Waals surface area contributed by atoms with E-state index in [-0.39, 0.29) is 0 Å². The highest BCUT2D eigenvalue weighted by Crippen LogP contribution is 2.38. The van der Waals surface area contributed by atoms with E-state index in [9.17, 15) is 0 Å². The van der Waals surface area contributed by atoms with Crippen molar-refractivity contribution in [3.8, 4) is 0 Å². The fraction of sp³-hybridized carbons (Fsp3) is 0.188. The van der Waals surface area contributed by atoms with Gasteiger partial charge in [0.15, 0.2) is 5.65 Å². The molecule has 1 fully saturated rings. The van der Waals surface area contributed by atoms with Crippen molar-refractivity contribution in [3.05, 3.63) is 53.3 Å². The summed E-state index contributed by atoms with van der Waals surface area (Å²) in [4.78, 5) is 13.2. The van der Waals surface area contributed by atoms with Crippen molar-refractivity contribution in [1.82, 2.24) is 14.4 Å².